The lowest BCUT2D eigenvalue weighted by Crippen LogP contribution is -2.32. The minimum Gasteiger partial charge on any atom is -0.286 e. The van der Waals surface area contributed by atoms with Gasteiger partial charge in [0.25, 0.3) is 0 Å². The minimum atomic E-state index is -3.52. The first-order valence-electron chi connectivity index (χ1n) is 9.53. The van der Waals surface area contributed by atoms with Gasteiger partial charge in [0, 0.05) is 18.8 Å². The number of hydrogen-bond acceptors (Lipinski definition) is 3. The Morgan fingerprint density at radius 2 is 1.75 bits per heavy atom. The molecule has 0 saturated carbocycles. The lowest BCUT2D eigenvalue weighted by molar-refractivity contribution is 0.437. The molecule has 0 N–H and O–H groups in total. The molecule has 0 aromatic heterocycles. The van der Waals surface area contributed by atoms with E-state index in [1.165, 1.54) is 5.71 Å². The Labute approximate surface area is 168 Å². The third-order valence-electron chi connectivity index (χ3n) is 4.56. The van der Waals surface area contributed by atoms with Gasteiger partial charge in [0.1, 0.15) is 0 Å². The highest BCUT2D eigenvalue weighted by molar-refractivity contribution is 7.89. The van der Waals surface area contributed by atoms with E-state index in [9.17, 15) is 8.42 Å². The molecule has 146 valence electrons. The Kier molecular flexibility index (Phi) is 6.95. The SMILES string of the molecule is Cc1ccc(S(=O)(=O)N(C/C=C/C=C/c2ccccc2)CCCC2=NC2)cc1. The number of sulfonamides is 1. The molecule has 1 heterocycles. The fourth-order valence-electron chi connectivity index (χ4n) is 2.83. The van der Waals surface area contributed by atoms with Crippen LogP contribution in [0.4, 0.5) is 0 Å². The zero-order valence-corrected chi connectivity index (χ0v) is 17.0. The summed E-state index contributed by atoms with van der Waals surface area (Å²) in [6.07, 6.45) is 9.39. The number of nitrogens with zero attached hydrogens (tertiary/aromatic N) is 2. The van der Waals surface area contributed by atoms with E-state index in [1.54, 1.807) is 16.4 Å². The van der Waals surface area contributed by atoms with Crippen molar-refractivity contribution in [2.45, 2.75) is 24.7 Å². The second-order valence-electron chi connectivity index (χ2n) is 6.86. The van der Waals surface area contributed by atoms with Crippen LogP contribution >= 0.6 is 0 Å². The normalized spacial score (nSPS) is 14.1. The fraction of sp³-hybridized carbons (Fsp3) is 0.261. The van der Waals surface area contributed by atoms with E-state index in [0.29, 0.717) is 18.0 Å². The Hall–Kier alpha value is -2.50. The van der Waals surface area contributed by atoms with Crippen molar-refractivity contribution >= 4 is 21.8 Å². The summed E-state index contributed by atoms with van der Waals surface area (Å²) in [5.74, 6) is 0. The predicted molar refractivity (Wildman–Crippen MR) is 116 cm³/mol. The number of aliphatic imine (C=N–C) groups is 1. The van der Waals surface area contributed by atoms with E-state index < -0.39 is 10.0 Å². The maximum Gasteiger partial charge on any atom is 0.243 e. The highest BCUT2D eigenvalue weighted by Gasteiger charge is 2.23. The molecule has 0 atom stereocenters. The molecule has 5 heteroatoms. The van der Waals surface area contributed by atoms with E-state index in [1.807, 2.05) is 73.7 Å². The van der Waals surface area contributed by atoms with Crippen LogP contribution in [0.15, 0.2) is 82.7 Å². The maximum absolute atomic E-state index is 13.1. The molecular weight excluding hydrogens is 368 g/mol. The molecule has 0 bridgehead atoms. The van der Waals surface area contributed by atoms with Crippen LogP contribution in [-0.2, 0) is 10.0 Å². The van der Waals surface area contributed by atoms with Crippen molar-refractivity contribution in [2.75, 3.05) is 19.6 Å². The highest BCUT2D eigenvalue weighted by Crippen LogP contribution is 2.18. The Morgan fingerprint density at radius 3 is 2.43 bits per heavy atom. The molecule has 1 aliphatic rings. The van der Waals surface area contributed by atoms with Gasteiger partial charge in [0.15, 0.2) is 0 Å². The molecule has 2 aromatic carbocycles. The van der Waals surface area contributed by atoms with Gasteiger partial charge in [0.2, 0.25) is 10.0 Å². The molecule has 0 unspecified atom stereocenters. The van der Waals surface area contributed by atoms with Crippen molar-refractivity contribution in [3.05, 3.63) is 84.0 Å². The van der Waals surface area contributed by atoms with Gasteiger partial charge in [-0.1, -0.05) is 72.3 Å². The van der Waals surface area contributed by atoms with Crippen molar-refractivity contribution < 1.29 is 8.42 Å². The standard InChI is InChI=1S/C23H26N2O2S/c1-20-13-15-23(16-14-20)28(26,27)25(18-8-12-22-19-24-22)17-7-3-6-11-21-9-4-2-5-10-21/h2-7,9-11,13-16H,8,12,17-19H2,1H3/b7-3+,11-6+. The van der Waals surface area contributed by atoms with Crippen LogP contribution in [0, 0.1) is 6.92 Å². The molecule has 1 aliphatic heterocycles. The van der Waals surface area contributed by atoms with Crippen molar-refractivity contribution in [2.24, 2.45) is 4.99 Å². The van der Waals surface area contributed by atoms with Gasteiger partial charge in [-0.25, -0.2) is 8.42 Å². The smallest absolute Gasteiger partial charge is 0.243 e. The number of allylic oxidation sites excluding steroid dienone is 2. The molecule has 0 spiro atoms. The predicted octanol–water partition coefficient (Wildman–Crippen LogP) is 4.49. The Balaban J connectivity index is 1.66. The number of benzene rings is 2. The first-order chi connectivity index (χ1) is 13.6. The van der Waals surface area contributed by atoms with E-state index in [4.69, 9.17) is 0 Å². The maximum atomic E-state index is 13.1. The van der Waals surface area contributed by atoms with Gasteiger partial charge in [0.05, 0.1) is 11.4 Å². The van der Waals surface area contributed by atoms with Gasteiger partial charge in [-0.3, -0.25) is 4.99 Å². The number of aryl methyl sites for hydroxylation is 1. The van der Waals surface area contributed by atoms with Crippen LogP contribution in [-0.4, -0.2) is 38.1 Å². The first-order valence-corrected chi connectivity index (χ1v) is 11.0. The Morgan fingerprint density at radius 1 is 1.04 bits per heavy atom. The van der Waals surface area contributed by atoms with Crippen molar-refractivity contribution in [3.63, 3.8) is 0 Å². The molecular formula is C23H26N2O2S. The van der Waals surface area contributed by atoms with E-state index >= 15 is 0 Å². The molecule has 2 aromatic rings. The molecule has 0 saturated heterocycles. The van der Waals surface area contributed by atoms with Gasteiger partial charge in [-0.2, -0.15) is 4.31 Å². The van der Waals surface area contributed by atoms with Gasteiger partial charge in [-0.05, 0) is 37.5 Å². The van der Waals surface area contributed by atoms with Crippen LogP contribution < -0.4 is 0 Å². The summed E-state index contributed by atoms with van der Waals surface area (Å²) in [4.78, 5) is 4.51. The van der Waals surface area contributed by atoms with E-state index in [-0.39, 0.29) is 0 Å². The van der Waals surface area contributed by atoms with Crippen molar-refractivity contribution in [1.82, 2.24) is 4.31 Å². The second kappa shape index (κ2) is 9.62. The lowest BCUT2D eigenvalue weighted by Gasteiger charge is -2.20. The second-order valence-corrected chi connectivity index (χ2v) is 8.80. The zero-order chi connectivity index (χ0) is 19.8. The molecule has 3 rings (SSSR count). The summed E-state index contributed by atoms with van der Waals surface area (Å²) >= 11 is 0. The quantitative estimate of drug-likeness (QED) is 0.558. The largest absolute Gasteiger partial charge is 0.286 e. The van der Waals surface area contributed by atoms with Crippen LogP contribution in [0.2, 0.25) is 0 Å². The van der Waals surface area contributed by atoms with Gasteiger partial charge < -0.3 is 0 Å². The fourth-order valence-corrected chi connectivity index (χ4v) is 4.26. The van der Waals surface area contributed by atoms with Gasteiger partial charge >= 0.3 is 0 Å². The average Bonchev–Trinajstić information content (AvgIpc) is 3.52. The summed E-state index contributed by atoms with van der Waals surface area (Å²) in [5, 5.41) is 0. The first kappa shape index (κ1) is 20.2. The highest BCUT2D eigenvalue weighted by atomic mass is 32.2. The third-order valence-corrected chi connectivity index (χ3v) is 6.44. The summed E-state index contributed by atoms with van der Waals surface area (Å²) in [6, 6.07) is 17.0. The molecule has 0 radical (unpaired) electrons. The van der Waals surface area contributed by atoms with Crippen LogP contribution in [0.25, 0.3) is 6.08 Å². The summed E-state index contributed by atoms with van der Waals surface area (Å²) in [7, 11) is -3.52. The molecule has 0 amide bonds. The van der Waals surface area contributed by atoms with Crippen molar-refractivity contribution in [1.29, 1.82) is 0 Å². The summed E-state index contributed by atoms with van der Waals surface area (Å²) in [6.45, 7) is 3.63. The molecule has 0 aliphatic carbocycles. The monoisotopic (exact) mass is 394 g/mol. The van der Waals surface area contributed by atoms with Crippen LogP contribution in [0.1, 0.15) is 24.0 Å². The van der Waals surface area contributed by atoms with Crippen molar-refractivity contribution in [3.8, 4) is 0 Å². The third kappa shape index (κ3) is 6.01. The summed E-state index contributed by atoms with van der Waals surface area (Å²) in [5.41, 5.74) is 3.35. The summed E-state index contributed by atoms with van der Waals surface area (Å²) < 4.78 is 27.7. The molecule has 0 fully saturated rings. The van der Waals surface area contributed by atoms with Gasteiger partial charge in [-0.15, -0.1) is 0 Å². The number of hydrogen-bond donors (Lipinski definition) is 0. The number of rotatable bonds is 10. The lowest BCUT2D eigenvalue weighted by atomic mass is 10.2. The minimum absolute atomic E-state index is 0.343. The Bertz CT molecular complexity index is 959. The molecule has 28 heavy (non-hydrogen) atoms. The van der Waals surface area contributed by atoms with Crippen LogP contribution in [0.5, 0.6) is 0 Å². The molecule has 4 nitrogen and oxygen atoms in total. The van der Waals surface area contributed by atoms with E-state index in [2.05, 4.69) is 4.99 Å². The van der Waals surface area contributed by atoms with E-state index in [0.717, 1.165) is 30.5 Å². The van der Waals surface area contributed by atoms with Crippen LogP contribution in [0.3, 0.4) is 0 Å². The zero-order valence-electron chi connectivity index (χ0n) is 16.2. The topological polar surface area (TPSA) is 49.7 Å². The average molecular weight is 395 g/mol.